The molecular weight excluding hydrogens is 318 g/mol. The van der Waals surface area contributed by atoms with Crippen LogP contribution in [0.5, 0.6) is 0 Å². The number of hydrogen-bond donors (Lipinski definition) is 2. The molecule has 0 aliphatic carbocycles. The Morgan fingerprint density at radius 3 is 2.76 bits per heavy atom. The van der Waals surface area contributed by atoms with Crippen molar-refractivity contribution in [2.24, 2.45) is 10.2 Å². The molecule has 1 heterocycles. The Bertz CT molecular complexity index is 785. The number of furan rings is 1. The lowest BCUT2D eigenvalue weighted by atomic mass is 10.2. The highest BCUT2D eigenvalue weighted by molar-refractivity contribution is 7.89. The minimum absolute atomic E-state index is 0.0556. The van der Waals surface area contributed by atoms with Crippen LogP contribution in [0.2, 0.25) is 5.02 Å². The maximum Gasteiger partial charge on any atom is 0.271 e. The normalized spacial score (nSPS) is 11.7. The van der Waals surface area contributed by atoms with Gasteiger partial charge in [-0.15, -0.1) is 0 Å². The number of nitrogens with one attached hydrogen (secondary N) is 1. The summed E-state index contributed by atoms with van der Waals surface area (Å²) in [5.41, 5.74) is 2.28. The third-order valence-electron chi connectivity index (χ3n) is 2.40. The van der Waals surface area contributed by atoms with E-state index in [1.807, 2.05) is 0 Å². The highest BCUT2D eigenvalue weighted by atomic mass is 35.5. The molecule has 0 radical (unpaired) electrons. The maximum atomic E-state index is 11.8. The van der Waals surface area contributed by atoms with E-state index in [2.05, 4.69) is 10.5 Å². The molecule has 0 aliphatic heterocycles. The molecule has 0 saturated heterocycles. The van der Waals surface area contributed by atoms with Crippen molar-refractivity contribution in [3.05, 3.63) is 52.9 Å². The Labute approximate surface area is 125 Å². The van der Waals surface area contributed by atoms with Crippen LogP contribution in [0.4, 0.5) is 0 Å². The minimum Gasteiger partial charge on any atom is -0.463 e. The molecule has 0 atom stereocenters. The van der Waals surface area contributed by atoms with Crippen LogP contribution in [0.3, 0.4) is 0 Å². The lowest BCUT2D eigenvalue weighted by molar-refractivity contribution is 0.0955. The average Bonchev–Trinajstić information content (AvgIpc) is 2.91. The number of amides is 1. The molecule has 0 bridgehead atoms. The van der Waals surface area contributed by atoms with Crippen LogP contribution in [0.1, 0.15) is 16.1 Å². The van der Waals surface area contributed by atoms with Gasteiger partial charge in [0.1, 0.15) is 10.7 Å². The summed E-state index contributed by atoms with van der Waals surface area (Å²) < 4.78 is 27.6. The summed E-state index contributed by atoms with van der Waals surface area (Å²) >= 11 is 5.72. The Morgan fingerprint density at radius 2 is 2.14 bits per heavy atom. The fourth-order valence-corrected chi connectivity index (χ4v) is 2.52. The van der Waals surface area contributed by atoms with E-state index in [0.29, 0.717) is 5.76 Å². The fraction of sp³-hybridized carbons (Fsp3) is 0. The summed E-state index contributed by atoms with van der Waals surface area (Å²) in [4.78, 5) is 11.5. The van der Waals surface area contributed by atoms with Crippen molar-refractivity contribution in [3.8, 4) is 0 Å². The highest BCUT2D eigenvalue weighted by Crippen LogP contribution is 2.21. The van der Waals surface area contributed by atoms with E-state index in [4.69, 9.17) is 21.2 Å². The van der Waals surface area contributed by atoms with E-state index in [1.165, 1.54) is 24.6 Å². The first-order chi connectivity index (χ1) is 9.88. The number of hydrazone groups is 1. The van der Waals surface area contributed by atoms with Crippen molar-refractivity contribution < 1.29 is 17.6 Å². The number of primary sulfonamides is 1. The van der Waals surface area contributed by atoms with Gasteiger partial charge in [0.2, 0.25) is 10.0 Å². The zero-order valence-electron chi connectivity index (χ0n) is 10.5. The molecule has 2 aromatic rings. The van der Waals surface area contributed by atoms with Gasteiger partial charge in [0.05, 0.1) is 17.5 Å². The predicted molar refractivity (Wildman–Crippen MR) is 76.6 cm³/mol. The van der Waals surface area contributed by atoms with Crippen LogP contribution in [-0.2, 0) is 10.0 Å². The van der Waals surface area contributed by atoms with Gasteiger partial charge in [-0.05, 0) is 30.3 Å². The molecule has 0 saturated carbocycles. The van der Waals surface area contributed by atoms with E-state index in [1.54, 1.807) is 12.1 Å². The number of hydrogen-bond acceptors (Lipinski definition) is 5. The molecule has 7 nitrogen and oxygen atoms in total. The third-order valence-corrected chi connectivity index (χ3v) is 3.79. The molecule has 1 aromatic carbocycles. The van der Waals surface area contributed by atoms with Gasteiger partial charge in [-0.2, -0.15) is 5.10 Å². The van der Waals surface area contributed by atoms with Gasteiger partial charge in [-0.3, -0.25) is 4.79 Å². The van der Waals surface area contributed by atoms with Crippen molar-refractivity contribution in [1.82, 2.24) is 5.43 Å². The molecular formula is C12H10ClN3O4S. The smallest absolute Gasteiger partial charge is 0.271 e. The number of nitrogens with two attached hydrogens (primary N) is 1. The lowest BCUT2D eigenvalue weighted by Gasteiger charge is -2.04. The van der Waals surface area contributed by atoms with Gasteiger partial charge in [0.25, 0.3) is 5.91 Å². The van der Waals surface area contributed by atoms with E-state index in [-0.39, 0.29) is 15.5 Å². The molecule has 0 spiro atoms. The standard InChI is InChI=1S/C12H10ClN3O4S/c13-10-4-3-8(6-11(10)21(14,18)19)12(17)16-15-7-9-2-1-5-20-9/h1-7H,(H,16,17)(H2,14,18,19)/b15-7-. The third kappa shape index (κ3) is 3.91. The van der Waals surface area contributed by atoms with Gasteiger partial charge in [-0.1, -0.05) is 11.6 Å². The van der Waals surface area contributed by atoms with Gasteiger partial charge in [0, 0.05) is 5.56 Å². The van der Waals surface area contributed by atoms with E-state index in [9.17, 15) is 13.2 Å². The molecule has 0 unspecified atom stereocenters. The number of carbonyl (C=O) groups excluding carboxylic acids is 1. The number of halogens is 1. The fourth-order valence-electron chi connectivity index (χ4n) is 1.45. The second kappa shape index (κ2) is 6.08. The van der Waals surface area contributed by atoms with Gasteiger partial charge >= 0.3 is 0 Å². The Balaban J connectivity index is 2.17. The van der Waals surface area contributed by atoms with Crippen LogP contribution < -0.4 is 10.6 Å². The maximum absolute atomic E-state index is 11.8. The number of sulfonamides is 1. The van der Waals surface area contributed by atoms with Crippen molar-refractivity contribution in [3.63, 3.8) is 0 Å². The summed E-state index contributed by atoms with van der Waals surface area (Å²) in [5, 5.41) is 8.62. The van der Waals surface area contributed by atoms with Crippen LogP contribution in [0, 0.1) is 0 Å². The molecule has 21 heavy (non-hydrogen) atoms. The summed E-state index contributed by atoms with van der Waals surface area (Å²) in [6, 6.07) is 7.02. The SMILES string of the molecule is NS(=O)(=O)c1cc(C(=O)N/N=C\c2ccco2)ccc1Cl. The first kappa shape index (κ1) is 15.2. The van der Waals surface area contributed by atoms with Gasteiger partial charge < -0.3 is 4.42 Å². The summed E-state index contributed by atoms with van der Waals surface area (Å²) in [7, 11) is -4.01. The predicted octanol–water partition coefficient (Wildman–Crippen LogP) is 1.34. The van der Waals surface area contributed by atoms with E-state index < -0.39 is 15.9 Å². The molecule has 110 valence electrons. The molecule has 2 rings (SSSR count). The Hall–Kier alpha value is -2.16. The number of nitrogens with zero attached hydrogens (tertiary/aromatic N) is 1. The number of rotatable bonds is 4. The second-order valence-corrected chi connectivity index (χ2v) is 5.84. The number of benzene rings is 1. The topological polar surface area (TPSA) is 115 Å². The summed E-state index contributed by atoms with van der Waals surface area (Å²) in [6.07, 6.45) is 2.76. The van der Waals surface area contributed by atoms with Crippen molar-refractivity contribution in [2.75, 3.05) is 0 Å². The average molecular weight is 328 g/mol. The Kier molecular flexibility index (Phi) is 4.41. The number of carbonyl (C=O) groups is 1. The quantitative estimate of drug-likeness (QED) is 0.651. The second-order valence-electron chi connectivity index (χ2n) is 3.90. The first-order valence-corrected chi connectivity index (χ1v) is 7.49. The minimum atomic E-state index is -4.01. The van der Waals surface area contributed by atoms with Crippen molar-refractivity contribution >= 4 is 33.7 Å². The van der Waals surface area contributed by atoms with Crippen LogP contribution in [-0.4, -0.2) is 20.5 Å². The first-order valence-electron chi connectivity index (χ1n) is 5.57. The molecule has 3 N–H and O–H groups in total. The zero-order chi connectivity index (χ0) is 15.5. The molecule has 1 amide bonds. The van der Waals surface area contributed by atoms with Gasteiger partial charge in [0.15, 0.2) is 0 Å². The van der Waals surface area contributed by atoms with Crippen LogP contribution in [0.15, 0.2) is 51.0 Å². The molecule has 0 fully saturated rings. The lowest BCUT2D eigenvalue weighted by Crippen LogP contribution is -2.19. The van der Waals surface area contributed by atoms with E-state index >= 15 is 0 Å². The Morgan fingerprint density at radius 1 is 1.38 bits per heavy atom. The molecule has 9 heteroatoms. The van der Waals surface area contributed by atoms with Gasteiger partial charge in [-0.25, -0.2) is 19.0 Å². The highest BCUT2D eigenvalue weighted by Gasteiger charge is 2.16. The zero-order valence-corrected chi connectivity index (χ0v) is 12.1. The molecule has 1 aromatic heterocycles. The largest absolute Gasteiger partial charge is 0.463 e. The van der Waals surface area contributed by atoms with Crippen LogP contribution in [0.25, 0.3) is 0 Å². The summed E-state index contributed by atoms with van der Waals surface area (Å²) in [6.45, 7) is 0. The monoisotopic (exact) mass is 327 g/mol. The van der Waals surface area contributed by atoms with Crippen molar-refractivity contribution in [1.29, 1.82) is 0 Å². The molecule has 0 aliphatic rings. The van der Waals surface area contributed by atoms with Crippen molar-refractivity contribution in [2.45, 2.75) is 4.90 Å². The van der Waals surface area contributed by atoms with E-state index in [0.717, 1.165) is 6.07 Å². The van der Waals surface area contributed by atoms with Crippen LogP contribution >= 0.6 is 11.6 Å². The summed E-state index contributed by atoms with van der Waals surface area (Å²) in [5.74, 6) is -0.156.